The Bertz CT molecular complexity index is 626. The SMILES string of the molecule is NC(=O)Nc1ccc(NC(=O)CCNc2ccccc2)cc1. The van der Waals surface area contributed by atoms with Crippen molar-refractivity contribution in [2.24, 2.45) is 5.73 Å². The number of amides is 3. The van der Waals surface area contributed by atoms with Gasteiger partial charge in [-0.25, -0.2) is 4.79 Å². The highest BCUT2D eigenvalue weighted by atomic mass is 16.2. The fourth-order valence-corrected chi connectivity index (χ4v) is 1.88. The van der Waals surface area contributed by atoms with Crippen LogP contribution in [-0.4, -0.2) is 18.5 Å². The first-order valence-electron chi connectivity index (χ1n) is 6.89. The number of urea groups is 1. The number of carbonyl (C=O) groups is 2. The average molecular weight is 298 g/mol. The summed E-state index contributed by atoms with van der Waals surface area (Å²) in [5.41, 5.74) is 7.25. The van der Waals surface area contributed by atoms with E-state index in [1.807, 2.05) is 30.3 Å². The van der Waals surface area contributed by atoms with Gasteiger partial charge in [0.15, 0.2) is 0 Å². The van der Waals surface area contributed by atoms with Gasteiger partial charge in [-0.05, 0) is 36.4 Å². The third-order valence-electron chi connectivity index (χ3n) is 2.89. The predicted molar refractivity (Wildman–Crippen MR) is 87.8 cm³/mol. The molecule has 0 spiro atoms. The van der Waals surface area contributed by atoms with E-state index in [9.17, 15) is 9.59 Å². The van der Waals surface area contributed by atoms with Crippen molar-refractivity contribution in [1.29, 1.82) is 0 Å². The summed E-state index contributed by atoms with van der Waals surface area (Å²) in [7, 11) is 0. The van der Waals surface area contributed by atoms with Crippen molar-refractivity contribution in [3.63, 3.8) is 0 Å². The second kappa shape index (κ2) is 7.68. The predicted octanol–water partition coefficient (Wildman–Crippen LogP) is 2.62. The zero-order valence-electron chi connectivity index (χ0n) is 12.0. The highest BCUT2D eigenvalue weighted by molar-refractivity contribution is 5.92. The summed E-state index contributed by atoms with van der Waals surface area (Å²) in [6, 6.07) is 15.8. The summed E-state index contributed by atoms with van der Waals surface area (Å²) in [5, 5.41) is 8.41. The van der Waals surface area contributed by atoms with Crippen LogP contribution in [0.4, 0.5) is 21.9 Å². The molecular weight excluding hydrogens is 280 g/mol. The number of anilines is 3. The first-order chi connectivity index (χ1) is 10.6. The lowest BCUT2D eigenvalue weighted by Gasteiger charge is -2.08. The normalized spacial score (nSPS) is 9.82. The van der Waals surface area contributed by atoms with Gasteiger partial charge in [0.05, 0.1) is 0 Å². The van der Waals surface area contributed by atoms with E-state index < -0.39 is 6.03 Å². The van der Waals surface area contributed by atoms with Gasteiger partial charge in [0.25, 0.3) is 0 Å². The Morgan fingerprint density at radius 2 is 1.41 bits per heavy atom. The van der Waals surface area contributed by atoms with Crippen LogP contribution in [0.1, 0.15) is 6.42 Å². The molecule has 3 amide bonds. The lowest BCUT2D eigenvalue weighted by atomic mass is 10.2. The van der Waals surface area contributed by atoms with Gasteiger partial charge in [0.1, 0.15) is 0 Å². The number of hydrogen-bond acceptors (Lipinski definition) is 3. The molecule has 5 N–H and O–H groups in total. The maximum atomic E-state index is 11.8. The van der Waals surface area contributed by atoms with Gasteiger partial charge < -0.3 is 21.7 Å². The highest BCUT2D eigenvalue weighted by Crippen LogP contribution is 2.13. The lowest BCUT2D eigenvalue weighted by molar-refractivity contribution is -0.115. The molecule has 2 aromatic carbocycles. The molecule has 0 aliphatic heterocycles. The maximum Gasteiger partial charge on any atom is 0.316 e. The zero-order chi connectivity index (χ0) is 15.8. The molecule has 0 saturated carbocycles. The fourth-order valence-electron chi connectivity index (χ4n) is 1.88. The van der Waals surface area contributed by atoms with E-state index in [0.29, 0.717) is 24.3 Å². The minimum atomic E-state index is -0.622. The molecule has 2 rings (SSSR count). The topological polar surface area (TPSA) is 96.2 Å². The molecular formula is C16H18N4O2. The quantitative estimate of drug-likeness (QED) is 0.660. The van der Waals surface area contributed by atoms with Crippen molar-refractivity contribution >= 4 is 29.0 Å². The second-order valence-corrected chi connectivity index (χ2v) is 4.66. The van der Waals surface area contributed by atoms with Crippen LogP contribution in [0.2, 0.25) is 0 Å². The first-order valence-corrected chi connectivity index (χ1v) is 6.89. The van der Waals surface area contributed by atoms with E-state index >= 15 is 0 Å². The van der Waals surface area contributed by atoms with E-state index in [-0.39, 0.29) is 5.91 Å². The minimum Gasteiger partial charge on any atom is -0.385 e. The van der Waals surface area contributed by atoms with Crippen LogP contribution in [0.25, 0.3) is 0 Å². The van der Waals surface area contributed by atoms with Gasteiger partial charge in [0, 0.05) is 30.0 Å². The Kier molecular flexibility index (Phi) is 5.37. The molecule has 0 saturated heterocycles. The molecule has 22 heavy (non-hydrogen) atoms. The minimum absolute atomic E-state index is 0.0842. The number of rotatable bonds is 6. The monoisotopic (exact) mass is 298 g/mol. The summed E-state index contributed by atoms with van der Waals surface area (Å²) in [6.45, 7) is 0.553. The average Bonchev–Trinajstić information content (AvgIpc) is 2.50. The zero-order valence-corrected chi connectivity index (χ0v) is 12.0. The van der Waals surface area contributed by atoms with Crippen LogP contribution in [0.5, 0.6) is 0 Å². The van der Waals surface area contributed by atoms with E-state index in [2.05, 4.69) is 16.0 Å². The van der Waals surface area contributed by atoms with E-state index in [4.69, 9.17) is 5.73 Å². The number of nitrogens with two attached hydrogens (primary N) is 1. The van der Waals surface area contributed by atoms with Gasteiger partial charge in [-0.1, -0.05) is 18.2 Å². The molecule has 0 aliphatic carbocycles. The summed E-state index contributed by atoms with van der Waals surface area (Å²) < 4.78 is 0. The summed E-state index contributed by atoms with van der Waals surface area (Å²) in [6.07, 6.45) is 0.357. The smallest absolute Gasteiger partial charge is 0.316 e. The van der Waals surface area contributed by atoms with Gasteiger partial charge in [-0.3, -0.25) is 4.79 Å². The maximum absolute atomic E-state index is 11.8. The molecule has 114 valence electrons. The Morgan fingerprint density at radius 3 is 2.00 bits per heavy atom. The Labute approximate surface area is 128 Å². The fraction of sp³-hybridized carbons (Fsp3) is 0.125. The number of benzene rings is 2. The third kappa shape index (κ3) is 5.16. The molecule has 0 radical (unpaired) electrons. The van der Waals surface area contributed by atoms with Crippen LogP contribution in [0.3, 0.4) is 0 Å². The summed E-state index contributed by atoms with van der Waals surface area (Å²) in [4.78, 5) is 22.5. The van der Waals surface area contributed by atoms with Crippen LogP contribution in [-0.2, 0) is 4.79 Å². The Hall–Kier alpha value is -3.02. The van der Waals surface area contributed by atoms with E-state index in [0.717, 1.165) is 5.69 Å². The van der Waals surface area contributed by atoms with Crippen LogP contribution in [0.15, 0.2) is 54.6 Å². The Balaban J connectivity index is 1.75. The molecule has 6 heteroatoms. The number of hydrogen-bond donors (Lipinski definition) is 4. The lowest BCUT2D eigenvalue weighted by Crippen LogP contribution is -2.19. The van der Waals surface area contributed by atoms with Crippen LogP contribution >= 0.6 is 0 Å². The van der Waals surface area contributed by atoms with E-state index in [1.54, 1.807) is 24.3 Å². The van der Waals surface area contributed by atoms with Gasteiger partial charge in [-0.15, -0.1) is 0 Å². The first kappa shape index (κ1) is 15.4. The van der Waals surface area contributed by atoms with Crippen molar-refractivity contribution in [2.45, 2.75) is 6.42 Å². The molecule has 2 aromatic rings. The molecule has 0 unspecified atom stereocenters. The number of para-hydroxylation sites is 1. The van der Waals surface area contributed by atoms with Crippen molar-refractivity contribution in [3.05, 3.63) is 54.6 Å². The van der Waals surface area contributed by atoms with Crippen molar-refractivity contribution in [2.75, 3.05) is 22.5 Å². The number of carbonyl (C=O) groups excluding carboxylic acids is 2. The molecule has 0 atom stereocenters. The van der Waals surface area contributed by atoms with Crippen LogP contribution in [0, 0.1) is 0 Å². The second-order valence-electron chi connectivity index (χ2n) is 4.66. The number of nitrogens with one attached hydrogen (secondary N) is 3. The third-order valence-corrected chi connectivity index (χ3v) is 2.89. The Morgan fingerprint density at radius 1 is 0.818 bits per heavy atom. The molecule has 6 nitrogen and oxygen atoms in total. The van der Waals surface area contributed by atoms with Gasteiger partial charge >= 0.3 is 6.03 Å². The highest BCUT2D eigenvalue weighted by Gasteiger charge is 2.03. The largest absolute Gasteiger partial charge is 0.385 e. The number of primary amides is 1. The van der Waals surface area contributed by atoms with E-state index in [1.165, 1.54) is 0 Å². The molecule has 0 aromatic heterocycles. The van der Waals surface area contributed by atoms with Crippen molar-refractivity contribution < 1.29 is 9.59 Å². The molecule has 0 fully saturated rings. The van der Waals surface area contributed by atoms with Gasteiger partial charge in [-0.2, -0.15) is 0 Å². The summed E-state index contributed by atoms with van der Waals surface area (Å²) in [5.74, 6) is -0.0842. The van der Waals surface area contributed by atoms with Crippen molar-refractivity contribution in [3.8, 4) is 0 Å². The molecule has 0 heterocycles. The molecule has 0 bridgehead atoms. The summed E-state index contributed by atoms with van der Waals surface area (Å²) >= 11 is 0. The van der Waals surface area contributed by atoms with Gasteiger partial charge in [0.2, 0.25) is 5.91 Å². The van der Waals surface area contributed by atoms with Crippen LogP contribution < -0.4 is 21.7 Å². The standard InChI is InChI=1S/C16H18N4O2/c17-16(22)20-14-8-6-13(7-9-14)19-15(21)10-11-18-12-4-2-1-3-5-12/h1-9,18H,10-11H2,(H,19,21)(H3,17,20,22). The van der Waals surface area contributed by atoms with Crippen molar-refractivity contribution in [1.82, 2.24) is 0 Å². The molecule has 0 aliphatic rings.